The number of nitrogens with one attached hydrogen (secondary N) is 1. The monoisotopic (exact) mass is 268 g/mol. The van der Waals surface area contributed by atoms with Crippen molar-refractivity contribution in [3.8, 4) is 0 Å². The van der Waals surface area contributed by atoms with E-state index in [0.717, 1.165) is 17.7 Å². The Morgan fingerprint density at radius 3 is 2.44 bits per heavy atom. The van der Waals surface area contributed by atoms with Gasteiger partial charge in [0.1, 0.15) is 5.82 Å². The molecule has 1 N–H and O–H groups in total. The first-order valence-electron chi connectivity index (χ1n) is 5.33. The lowest BCUT2D eigenvalue weighted by Crippen LogP contribution is -2.23. The molecule has 1 heterocycles. The maximum absolute atomic E-state index is 12.7. The Hall–Kier alpha value is -1.66. The van der Waals surface area contributed by atoms with Crippen LogP contribution in [0.5, 0.6) is 0 Å². The first-order valence-corrected chi connectivity index (χ1v) is 6.82. The molecule has 0 saturated carbocycles. The number of aryl methyl sites for hydroxylation is 1. The quantitative estimate of drug-likeness (QED) is 0.916. The van der Waals surface area contributed by atoms with Crippen molar-refractivity contribution in [2.75, 3.05) is 0 Å². The summed E-state index contributed by atoms with van der Waals surface area (Å²) in [5.41, 5.74) is 0.864. The molecule has 2 rings (SSSR count). The average molecular weight is 268 g/mol. The molecule has 0 saturated heterocycles. The van der Waals surface area contributed by atoms with Crippen molar-refractivity contribution in [2.24, 2.45) is 7.05 Å². The van der Waals surface area contributed by atoms with Gasteiger partial charge < -0.3 is 4.57 Å². The predicted octanol–water partition coefficient (Wildman–Crippen LogP) is 1.64. The fraction of sp³-hybridized carbons (Fsp3) is 0.167. The van der Waals surface area contributed by atoms with Crippen LogP contribution < -0.4 is 4.72 Å². The third-order valence-corrected chi connectivity index (χ3v) is 3.90. The smallest absolute Gasteiger partial charge is 0.240 e. The standard InChI is InChI=1S/C12H13FN2O2S/c1-15-7-6-10(9-15)8-14-18(16,17)12-4-2-11(13)3-5-12/h2-7,9,14H,8H2,1H3. The first kappa shape index (κ1) is 12.8. The molecule has 18 heavy (non-hydrogen) atoms. The molecule has 1 aromatic carbocycles. The third-order valence-electron chi connectivity index (χ3n) is 2.48. The predicted molar refractivity (Wildman–Crippen MR) is 65.8 cm³/mol. The molecule has 0 fully saturated rings. The summed E-state index contributed by atoms with van der Waals surface area (Å²) in [5.74, 6) is -0.461. The van der Waals surface area contributed by atoms with E-state index in [0.29, 0.717) is 0 Å². The zero-order valence-electron chi connectivity index (χ0n) is 9.80. The molecule has 4 nitrogen and oxygen atoms in total. The van der Waals surface area contributed by atoms with E-state index in [1.54, 1.807) is 0 Å². The van der Waals surface area contributed by atoms with Crippen LogP contribution >= 0.6 is 0 Å². The van der Waals surface area contributed by atoms with Crippen LogP contribution in [0.25, 0.3) is 0 Å². The lowest BCUT2D eigenvalue weighted by molar-refractivity contribution is 0.580. The van der Waals surface area contributed by atoms with Crippen molar-refractivity contribution in [1.29, 1.82) is 0 Å². The van der Waals surface area contributed by atoms with Crippen molar-refractivity contribution >= 4 is 10.0 Å². The molecule has 0 spiro atoms. The van der Waals surface area contributed by atoms with Crippen LogP contribution in [0.4, 0.5) is 4.39 Å². The molecule has 0 aliphatic rings. The topological polar surface area (TPSA) is 51.1 Å². The number of hydrogen-bond acceptors (Lipinski definition) is 2. The highest BCUT2D eigenvalue weighted by Crippen LogP contribution is 2.10. The fourth-order valence-electron chi connectivity index (χ4n) is 1.54. The molecule has 0 atom stereocenters. The maximum atomic E-state index is 12.7. The Labute approximate surface area is 105 Å². The summed E-state index contributed by atoms with van der Waals surface area (Å²) in [7, 11) is -1.73. The van der Waals surface area contributed by atoms with Gasteiger partial charge in [0.25, 0.3) is 0 Å². The van der Waals surface area contributed by atoms with Gasteiger partial charge in [-0.3, -0.25) is 0 Å². The summed E-state index contributed by atoms with van der Waals surface area (Å²) < 4.78 is 40.8. The third kappa shape index (κ3) is 2.96. The van der Waals surface area contributed by atoms with Crippen LogP contribution in [0.1, 0.15) is 5.56 Å². The van der Waals surface area contributed by atoms with Crippen LogP contribution in [0.15, 0.2) is 47.6 Å². The number of halogens is 1. The van der Waals surface area contributed by atoms with Crippen LogP contribution in [-0.4, -0.2) is 13.0 Å². The molecular formula is C12H13FN2O2S. The highest BCUT2D eigenvalue weighted by atomic mass is 32.2. The first-order chi connectivity index (χ1) is 8.47. The number of aromatic nitrogens is 1. The molecule has 96 valence electrons. The average Bonchev–Trinajstić information content (AvgIpc) is 2.73. The van der Waals surface area contributed by atoms with E-state index in [4.69, 9.17) is 0 Å². The number of nitrogens with zero attached hydrogens (tertiary/aromatic N) is 1. The SMILES string of the molecule is Cn1ccc(CNS(=O)(=O)c2ccc(F)cc2)c1. The zero-order chi connectivity index (χ0) is 13.2. The lowest BCUT2D eigenvalue weighted by atomic mass is 10.3. The maximum Gasteiger partial charge on any atom is 0.240 e. The van der Waals surface area contributed by atoms with Gasteiger partial charge in [-0.15, -0.1) is 0 Å². The van der Waals surface area contributed by atoms with E-state index in [-0.39, 0.29) is 11.4 Å². The number of rotatable bonds is 4. The fourth-order valence-corrected chi connectivity index (χ4v) is 2.56. The minimum atomic E-state index is -3.59. The number of sulfonamides is 1. The van der Waals surface area contributed by atoms with E-state index in [2.05, 4.69) is 4.72 Å². The number of hydrogen-bond donors (Lipinski definition) is 1. The van der Waals surface area contributed by atoms with E-state index in [1.165, 1.54) is 12.1 Å². The van der Waals surface area contributed by atoms with Crippen LogP contribution in [0.3, 0.4) is 0 Å². The second-order valence-electron chi connectivity index (χ2n) is 3.96. The van der Waals surface area contributed by atoms with Crippen LogP contribution in [-0.2, 0) is 23.6 Å². The molecule has 0 radical (unpaired) electrons. The largest absolute Gasteiger partial charge is 0.357 e. The van der Waals surface area contributed by atoms with Crippen LogP contribution in [0, 0.1) is 5.82 Å². The molecule has 0 amide bonds. The Morgan fingerprint density at radius 2 is 1.89 bits per heavy atom. The van der Waals surface area contributed by atoms with E-state index in [1.807, 2.05) is 30.1 Å². The second-order valence-corrected chi connectivity index (χ2v) is 5.73. The Bertz CT molecular complexity index is 632. The van der Waals surface area contributed by atoms with Crippen molar-refractivity contribution in [2.45, 2.75) is 11.4 Å². The summed E-state index contributed by atoms with van der Waals surface area (Å²) in [6, 6.07) is 6.55. The second kappa shape index (κ2) is 4.91. The highest BCUT2D eigenvalue weighted by molar-refractivity contribution is 7.89. The minimum Gasteiger partial charge on any atom is -0.357 e. The Morgan fingerprint density at radius 1 is 1.22 bits per heavy atom. The number of benzene rings is 1. The minimum absolute atomic E-state index is 0.0554. The summed E-state index contributed by atoms with van der Waals surface area (Å²) in [4.78, 5) is 0.0554. The van der Waals surface area contributed by atoms with Gasteiger partial charge in [-0.2, -0.15) is 0 Å². The van der Waals surface area contributed by atoms with E-state index >= 15 is 0 Å². The Balaban J connectivity index is 2.10. The summed E-state index contributed by atoms with van der Waals surface area (Å²) in [6.45, 7) is 0.209. The van der Waals surface area contributed by atoms with E-state index in [9.17, 15) is 12.8 Å². The molecule has 2 aromatic rings. The van der Waals surface area contributed by atoms with Gasteiger partial charge in [0, 0.05) is 26.0 Å². The molecular weight excluding hydrogens is 255 g/mol. The van der Waals surface area contributed by atoms with Crippen molar-refractivity contribution in [3.05, 3.63) is 54.1 Å². The van der Waals surface area contributed by atoms with Crippen molar-refractivity contribution < 1.29 is 12.8 Å². The molecule has 0 unspecified atom stereocenters. The van der Waals surface area contributed by atoms with Gasteiger partial charge in [-0.05, 0) is 35.9 Å². The molecule has 0 aliphatic carbocycles. The van der Waals surface area contributed by atoms with Crippen LogP contribution in [0.2, 0.25) is 0 Å². The summed E-state index contributed by atoms with van der Waals surface area (Å²) in [6.07, 6.45) is 3.66. The van der Waals surface area contributed by atoms with Gasteiger partial charge in [-0.25, -0.2) is 17.5 Å². The lowest BCUT2D eigenvalue weighted by Gasteiger charge is -2.05. The van der Waals surface area contributed by atoms with Gasteiger partial charge in [0.2, 0.25) is 10.0 Å². The molecule has 0 bridgehead atoms. The normalized spacial score (nSPS) is 11.7. The summed E-state index contributed by atoms with van der Waals surface area (Å²) >= 11 is 0. The zero-order valence-corrected chi connectivity index (χ0v) is 10.6. The Kier molecular flexibility index (Phi) is 3.49. The van der Waals surface area contributed by atoms with Crippen molar-refractivity contribution in [1.82, 2.24) is 9.29 Å². The summed E-state index contributed by atoms with van der Waals surface area (Å²) in [5, 5.41) is 0. The molecule has 6 heteroatoms. The van der Waals surface area contributed by atoms with Crippen molar-refractivity contribution in [3.63, 3.8) is 0 Å². The van der Waals surface area contributed by atoms with Gasteiger partial charge in [0.05, 0.1) is 4.90 Å². The molecule has 0 aliphatic heterocycles. The highest BCUT2D eigenvalue weighted by Gasteiger charge is 2.13. The van der Waals surface area contributed by atoms with Gasteiger partial charge in [0.15, 0.2) is 0 Å². The van der Waals surface area contributed by atoms with E-state index < -0.39 is 15.8 Å². The van der Waals surface area contributed by atoms with Gasteiger partial charge >= 0.3 is 0 Å². The van der Waals surface area contributed by atoms with Gasteiger partial charge in [-0.1, -0.05) is 0 Å². The molecule has 1 aromatic heterocycles.